The van der Waals surface area contributed by atoms with Crippen LogP contribution in [-0.4, -0.2) is 23.8 Å². The molecule has 3 rings (SSSR count). The molecule has 0 radical (unpaired) electrons. The van der Waals surface area contributed by atoms with Crippen molar-refractivity contribution in [1.29, 1.82) is 0 Å². The molecule has 2 aromatic carbocycles. The van der Waals surface area contributed by atoms with Gasteiger partial charge in [0, 0.05) is 26.1 Å². The number of hydrogen-bond donors (Lipinski definition) is 0. The number of Topliss-reactive ketones (excluding diaryl/α,β-unsaturated/α-hetero) is 1. The number of nitrogens with zero attached hydrogens (tertiary/aromatic N) is 1. The van der Waals surface area contributed by atoms with Gasteiger partial charge in [-0.2, -0.15) is 0 Å². The molecule has 0 aliphatic rings. The van der Waals surface area contributed by atoms with Crippen molar-refractivity contribution in [2.75, 3.05) is 13.1 Å². The minimum atomic E-state index is 0.243. The summed E-state index contributed by atoms with van der Waals surface area (Å²) in [6.45, 7) is 2.63. The van der Waals surface area contributed by atoms with Gasteiger partial charge in [0.1, 0.15) is 0 Å². The van der Waals surface area contributed by atoms with Gasteiger partial charge >= 0.3 is 0 Å². The fraction of sp³-hybridized carbons (Fsp3) is 0.227. The highest BCUT2D eigenvalue weighted by molar-refractivity contribution is 7.12. The van der Waals surface area contributed by atoms with Gasteiger partial charge in [0.25, 0.3) is 0 Å². The van der Waals surface area contributed by atoms with Crippen LogP contribution in [0.4, 0.5) is 0 Å². The highest BCUT2D eigenvalue weighted by atomic mass is 32.1. The van der Waals surface area contributed by atoms with Crippen LogP contribution in [0, 0.1) is 0 Å². The SMILES string of the molecule is O=C(CCN(CCc1ccccc1)Cc1ccccc1)c1cccs1. The topological polar surface area (TPSA) is 20.3 Å². The molecular formula is C22H23NOS. The maximum absolute atomic E-state index is 12.3. The number of carbonyl (C=O) groups is 1. The summed E-state index contributed by atoms with van der Waals surface area (Å²) in [5.74, 6) is 0.243. The van der Waals surface area contributed by atoms with Crippen molar-refractivity contribution in [3.63, 3.8) is 0 Å². The van der Waals surface area contributed by atoms with Crippen molar-refractivity contribution in [3.05, 3.63) is 94.2 Å². The maximum atomic E-state index is 12.3. The molecule has 0 unspecified atom stereocenters. The quantitative estimate of drug-likeness (QED) is 0.503. The third-order valence-electron chi connectivity index (χ3n) is 4.26. The Bertz CT molecular complexity index is 753. The van der Waals surface area contributed by atoms with Crippen molar-refractivity contribution < 1.29 is 4.79 Å². The number of ketones is 1. The Morgan fingerprint density at radius 3 is 2.12 bits per heavy atom. The summed E-state index contributed by atoms with van der Waals surface area (Å²) in [5.41, 5.74) is 2.63. The second-order valence-electron chi connectivity index (χ2n) is 6.15. The summed E-state index contributed by atoms with van der Waals surface area (Å²) in [7, 11) is 0. The molecule has 1 aromatic heterocycles. The van der Waals surface area contributed by atoms with Gasteiger partial charge < -0.3 is 0 Å². The van der Waals surface area contributed by atoms with Crippen LogP contribution < -0.4 is 0 Å². The average Bonchev–Trinajstić information content (AvgIpc) is 3.20. The van der Waals surface area contributed by atoms with Gasteiger partial charge in [-0.25, -0.2) is 0 Å². The van der Waals surface area contributed by atoms with Gasteiger partial charge in [0.15, 0.2) is 5.78 Å². The molecule has 0 aliphatic heterocycles. The standard InChI is InChI=1S/C22H23NOS/c24-21(22-12-7-17-25-22)14-16-23(18-20-10-5-2-6-11-20)15-13-19-8-3-1-4-9-19/h1-12,17H,13-16,18H2. The van der Waals surface area contributed by atoms with Gasteiger partial charge in [-0.15, -0.1) is 11.3 Å². The molecule has 0 N–H and O–H groups in total. The van der Waals surface area contributed by atoms with E-state index in [2.05, 4.69) is 53.4 Å². The highest BCUT2D eigenvalue weighted by Gasteiger charge is 2.11. The summed E-state index contributed by atoms with van der Waals surface area (Å²) in [4.78, 5) is 15.6. The zero-order chi connectivity index (χ0) is 17.3. The van der Waals surface area contributed by atoms with Crippen molar-refractivity contribution >= 4 is 17.1 Å². The average molecular weight is 349 g/mol. The first-order valence-corrected chi connectivity index (χ1v) is 9.56. The Morgan fingerprint density at radius 1 is 0.800 bits per heavy atom. The lowest BCUT2D eigenvalue weighted by molar-refractivity contribution is 0.0966. The first-order valence-electron chi connectivity index (χ1n) is 8.68. The van der Waals surface area contributed by atoms with Gasteiger partial charge in [-0.1, -0.05) is 66.7 Å². The van der Waals surface area contributed by atoms with Crippen LogP contribution in [-0.2, 0) is 13.0 Å². The Morgan fingerprint density at radius 2 is 1.48 bits per heavy atom. The Balaban J connectivity index is 1.60. The molecular weight excluding hydrogens is 326 g/mol. The minimum Gasteiger partial charge on any atom is -0.298 e. The van der Waals surface area contributed by atoms with Gasteiger partial charge in [-0.05, 0) is 29.0 Å². The predicted octanol–water partition coefficient (Wildman–Crippen LogP) is 5.07. The second-order valence-corrected chi connectivity index (χ2v) is 7.10. The normalized spacial score (nSPS) is 10.9. The van der Waals surface area contributed by atoms with Crippen molar-refractivity contribution in [3.8, 4) is 0 Å². The molecule has 2 nitrogen and oxygen atoms in total. The monoisotopic (exact) mass is 349 g/mol. The number of hydrogen-bond acceptors (Lipinski definition) is 3. The molecule has 0 aliphatic carbocycles. The maximum Gasteiger partial charge on any atom is 0.174 e. The summed E-state index contributed by atoms with van der Waals surface area (Å²) in [6.07, 6.45) is 1.57. The molecule has 3 aromatic rings. The summed E-state index contributed by atoms with van der Waals surface area (Å²) in [5, 5.41) is 1.96. The number of benzene rings is 2. The van der Waals surface area contributed by atoms with Crippen LogP contribution in [0.1, 0.15) is 27.2 Å². The highest BCUT2D eigenvalue weighted by Crippen LogP contribution is 2.13. The molecule has 0 saturated carbocycles. The molecule has 0 bridgehead atoms. The third-order valence-corrected chi connectivity index (χ3v) is 5.17. The number of carbonyl (C=O) groups excluding carboxylic acids is 1. The van der Waals surface area contributed by atoms with E-state index < -0.39 is 0 Å². The minimum absolute atomic E-state index is 0.243. The zero-order valence-corrected chi connectivity index (χ0v) is 15.1. The van der Waals surface area contributed by atoms with Crippen LogP contribution in [0.25, 0.3) is 0 Å². The Kier molecular flexibility index (Phi) is 6.55. The van der Waals surface area contributed by atoms with Crippen LogP contribution in [0.5, 0.6) is 0 Å². The summed E-state index contributed by atoms with van der Waals surface area (Å²) in [6, 6.07) is 24.9. The fourth-order valence-electron chi connectivity index (χ4n) is 2.86. The zero-order valence-electron chi connectivity index (χ0n) is 14.3. The molecule has 3 heteroatoms. The van der Waals surface area contributed by atoms with Crippen molar-refractivity contribution in [1.82, 2.24) is 4.90 Å². The lowest BCUT2D eigenvalue weighted by Crippen LogP contribution is -2.28. The predicted molar refractivity (Wildman–Crippen MR) is 105 cm³/mol. The van der Waals surface area contributed by atoms with Gasteiger partial charge in [0.05, 0.1) is 4.88 Å². The van der Waals surface area contributed by atoms with Crippen molar-refractivity contribution in [2.24, 2.45) is 0 Å². The van der Waals surface area contributed by atoms with Crippen LogP contribution in [0.3, 0.4) is 0 Å². The molecule has 0 fully saturated rings. The van der Waals surface area contributed by atoms with E-state index in [1.54, 1.807) is 0 Å². The second kappa shape index (κ2) is 9.30. The van der Waals surface area contributed by atoms with Crippen LogP contribution in [0.15, 0.2) is 78.2 Å². The van der Waals surface area contributed by atoms with E-state index in [0.717, 1.165) is 30.9 Å². The summed E-state index contributed by atoms with van der Waals surface area (Å²) < 4.78 is 0. The molecule has 0 atom stereocenters. The largest absolute Gasteiger partial charge is 0.298 e. The number of thiophene rings is 1. The molecule has 0 amide bonds. The van der Waals surface area contributed by atoms with E-state index >= 15 is 0 Å². The van der Waals surface area contributed by atoms with Crippen molar-refractivity contribution in [2.45, 2.75) is 19.4 Å². The Hall–Kier alpha value is -2.23. The fourth-order valence-corrected chi connectivity index (χ4v) is 3.56. The Labute approximate surface area is 153 Å². The summed E-state index contributed by atoms with van der Waals surface area (Å²) >= 11 is 1.53. The third kappa shape index (κ3) is 5.66. The lowest BCUT2D eigenvalue weighted by atomic mass is 10.1. The first kappa shape index (κ1) is 17.6. The van der Waals surface area contributed by atoms with E-state index in [0.29, 0.717) is 6.42 Å². The van der Waals surface area contributed by atoms with E-state index in [9.17, 15) is 4.79 Å². The van der Waals surface area contributed by atoms with Gasteiger partial charge in [-0.3, -0.25) is 9.69 Å². The smallest absolute Gasteiger partial charge is 0.174 e. The van der Waals surface area contributed by atoms with Crippen LogP contribution in [0.2, 0.25) is 0 Å². The number of rotatable bonds is 9. The molecule has 128 valence electrons. The van der Waals surface area contributed by atoms with Gasteiger partial charge in [0.2, 0.25) is 0 Å². The lowest BCUT2D eigenvalue weighted by Gasteiger charge is -2.22. The van der Waals surface area contributed by atoms with Crippen LogP contribution >= 0.6 is 11.3 Å². The first-order chi connectivity index (χ1) is 12.3. The van der Waals surface area contributed by atoms with E-state index in [1.807, 2.05) is 29.6 Å². The van der Waals surface area contributed by atoms with E-state index in [-0.39, 0.29) is 5.78 Å². The molecule has 25 heavy (non-hydrogen) atoms. The van der Waals surface area contributed by atoms with E-state index in [4.69, 9.17) is 0 Å². The molecule has 0 spiro atoms. The molecule has 0 saturated heterocycles. The molecule has 1 heterocycles. The van der Waals surface area contributed by atoms with E-state index in [1.165, 1.54) is 22.5 Å².